The highest BCUT2D eigenvalue weighted by atomic mass is 32.2. The van der Waals surface area contributed by atoms with Crippen LogP contribution in [0.4, 0.5) is 10.9 Å². The third-order valence-corrected chi connectivity index (χ3v) is 8.76. The van der Waals surface area contributed by atoms with E-state index >= 15 is 0 Å². The zero-order valence-electron chi connectivity index (χ0n) is 20.0. The molecule has 1 saturated carbocycles. The first-order valence-electron chi connectivity index (χ1n) is 12.2. The number of nitrogens with one attached hydrogen (secondary N) is 1. The van der Waals surface area contributed by atoms with E-state index in [0.717, 1.165) is 54.4 Å². The zero-order valence-corrected chi connectivity index (χ0v) is 21.6. The maximum Gasteiger partial charge on any atom is 0.236 e. The second-order valence-corrected chi connectivity index (χ2v) is 11.4. The molecule has 0 spiro atoms. The number of nitrogens with zero attached hydrogens (tertiary/aromatic N) is 5. The summed E-state index contributed by atoms with van der Waals surface area (Å²) in [6.07, 6.45) is 8.41. The van der Waals surface area contributed by atoms with Gasteiger partial charge in [0.2, 0.25) is 16.9 Å². The average Bonchev–Trinajstić information content (AvgIpc) is 3.50. The van der Waals surface area contributed by atoms with Gasteiger partial charge < -0.3 is 19.6 Å². The van der Waals surface area contributed by atoms with E-state index in [9.17, 15) is 9.59 Å². The molecule has 1 N–H and O–H groups in total. The van der Waals surface area contributed by atoms with Gasteiger partial charge in [0.25, 0.3) is 0 Å². The van der Waals surface area contributed by atoms with E-state index in [1.165, 1.54) is 55.2 Å². The molecule has 186 valence electrons. The molecule has 1 aliphatic heterocycles. The second-order valence-electron chi connectivity index (χ2n) is 9.18. The Morgan fingerprint density at radius 2 is 1.94 bits per heavy atom. The van der Waals surface area contributed by atoms with E-state index in [0.29, 0.717) is 17.5 Å². The van der Waals surface area contributed by atoms with Gasteiger partial charge in [-0.1, -0.05) is 54.4 Å². The Labute approximate surface area is 209 Å². The fourth-order valence-electron chi connectivity index (χ4n) is 4.69. The smallest absolute Gasteiger partial charge is 0.236 e. The van der Waals surface area contributed by atoms with E-state index < -0.39 is 0 Å². The summed E-state index contributed by atoms with van der Waals surface area (Å²) >= 11 is 2.84. The average molecular weight is 507 g/mol. The summed E-state index contributed by atoms with van der Waals surface area (Å²) < 4.78 is 5.70. The Kier molecular flexibility index (Phi) is 8.82. The quantitative estimate of drug-likeness (QED) is 0.504. The lowest BCUT2D eigenvalue weighted by molar-refractivity contribution is -0.137. The summed E-state index contributed by atoms with van der Waals surface area (Å²) in [7, 11) is 0. The van der Waals surface area contributed by atoms with Crippen LogP contribution in [-0.4, -0.2) is 64.0 Å². The van der Waals surface area contributed by atoms with Crippen LogP contribution in [0.2, 0.25) is 0 Å². The second kappa shape index (κ2) is 12.0. The Morgan fingerprint density at radius 3 is 2.62 bits per heavy atom. The SMILES string of the molecule is CCCCC1CCC(C(=O)N2CCN(c3nnc(SCC(=O)Nc4cc(C)on4)s3)CC2)CC1. The molecule has 4 rings (SSSR count). The highest BCUT2D eigenvalue weighted by molar-refractivity contribution is 8.01. The molecule has 0 radical (unpaired) electrons. The molecule has 2 aliphatic rings. The van der Waals surface area contributed by atoms with Gasteiger partial charge in [0.15, 0.2) is 10.2 Å². The Morgan fingerprint density at radius 1 is 1.18 bits per heavy atom. The number of hydrogen-bond donors (Lipinski definition) is 1. The van der Waals surface area contributed by atoms with Gasteiger partial charge in [-0.25, -0.2) is 0 Å². The van der Waals surface area contributed by atoms with Crippen molar-refractivity contribution in [3.63, 3.8) is 0 Å². The van der Waals surface area contributed by atoms with Crippen molar-refractivity contribution in [3.05, 3.63) is 11.8 Å². The van der Waals surface area contributed by atoms with E-state index in [4.69, 9.17) is 4.52 Å². The van der Waals surface area contributed by atoms with E-state index in [-0.39, 0.29) is 17.6 Å². The lowest BCUT2D eigenvalue weighted by atomic mass is 9.79. The van der Waals surface area contributed by atoms with Gasteiger partial charge in [-0.2, -0.15) is 0 Å². The van der Waals surface area contributed by atoms with Crippen LogP contribution in [0, 0.1) is 18.8 Å². The van der Waals surface area contributed by atoms with Gasteiger partial charge in [-0.3, -0.25) is 9.59 Å². The summed E-state index contributed by atoms with van der Waals surface area (Å²) in [6.45, 7) is 7.02. The van der Waals surface area contributed by atoms with Crippen LogP contribution in [0.5, 0.6) is 0 Å². The van der Waals surface area contributed by atoms with Gasteiger partial charge in [0.1, 0.15) is 5.76 Å². The molecular formula is C23H34N6O3S2. The van der Waals surface area contributed by atoms with E-state index in [2.05, 4.69) is 32.5 Å². The van der Waals surface area contributed by atoms with Crippen LogP contribution in [0.3, 0.4) is 0 Å². The highest BCUT2D eigenvalue weighted by Gasteiger charge is 2.31. The summed E-state index contributed by atoms with van der Waals surface area (Å²) in [4.78, 5) is 29.4. The number of carbonyl (C=O) groups is 2. The van der Waals surface area contributed by atoms with Crippen LogP contribution in [0.25, 0.3) is 0 Å². The van der Waals surface area contributed by atoms with Gasteiger partial charge in [-0.05, 0) is 38.5 Å². The van der Waals surface area contributed by atoms with Crippen molar-refractivity contribution >= 4 is 45.9 Å². The molecule has 0 unspecified atom stereocenters. The van der Waals surface area contributed by atoms with Crippen molar-refractivity contribution in [2.24, 2.45) is 11.8 Å². The third-order valence-electron chi connectivity index (χ3n) is 6.64. The molecule has 3 heterocycles. The molecular weight excluding hydrogens is 472 g/mol. The Bertz CT molecular complexity index is 948. The van der Waals surface area contributed by atoms with Gasteiger partial charge in [-0.15, -0.1) is 10.2 Å². The monoisotopic (exact) mass is 506 g/mol. The molecule has 2 fully saturated rings. The number of aryl methyl sites for hydroxylation is 1. The number of hydrogen-bond acceptors (Lipinski definition) is 9. The number of aromatic nitrogens is 3. The normalized spacial score (nSPS) is 21.0. The molecule has 2 aromatic heterocycles. The molecule has 0 bridgehead atoms. The number of thioether (sulfide) groups is 1. The maximum atomic E-state index is 13.0. The number of carbonyl (C=O) groups excluding carboxylic acids is 2. The predicted octanol–water partition coefficient (Wildman–Crippen LogP) is 4.21. The largest absolute Gasteiger partial charge is 0.360 e. The molecule has 1 aliphatic carbocycles. The van der Waals surface area contributed by atoms with Crippen LogP contribution in [0.1, 0.15) is 57.6 Å². The molecule has 2 aromatic rings. The minimum Gasteiger partial charge on any atom is -0.360 e. The number of unbranched alkanes of at least 4 members (excludes halogenated alkanes) is 1. The van der Waals surface area contributed by atoms with Gasteiger partial charge in [0.05, 0.1) is 5.75 Å². The van der Waals surface area contributed by atoms with Gasteiger partial charge in [0, 0.05) is 38.2 Å². The zero-order chi connectivity index (χ0) is 23.9. The fraction of sp³-hybridized carbons (Fsp3) is 0.696. The maximum absolute atomic E-state index is 13.0. The highest BCUT2D eigenvalue weighted by Crippen LogP contribution is 2.33. The summed E-state index contributed by atoms with van der Waals surface area (Å²) in [5.74, 6) is 2.50. The van der Waals surface area contributed by atoms with Crippen molar-refractivity contribution in [2.75, 3.05) is 42.1 Å². The van der Waals surface area contributed by atoms with Crippen LogP contribution in [-0.2, 0) is 9.59 Å². The number of piperazine rings is 1. The van der Waals surface area contributed by atoms with Gasteiger partial charge >= 0.3 is 0 Å². The first-order chi connectivity index (χ1) is 16.5. The first-order valence-corrected chi connectivity index (χ1v) is 14.0. The number of anilines is 2. The summed E-state index contributed by atoms with van der Waals surface area (Å²) in [5, 5.41) is 15.8. The molecule has 1 saturated heterocycles. The Hall–Kier alpha value is -2.14. The molecule has 34 heavy (non-hydrogen) atoms. The molecule has 2 amide bonds. The van der Waals surface area contributed by atoms with Crippen molar-refractivity contribution < 1.29 is 14.1 Å². The standard InChI is InChI=1S/C23H34N6O3S2/c1-3-4-5-17-6-8-18(9-7-17)21(31)28-10-12-29(13-11-28)22-25-26-23(34-22)33-15-20(30)24-19-14-16(2)32-27-19/h14,17-18H,3-13,15H2,1-2H3,(H,24,27,30). The number of rotatable bonds is 9. The molecule has 11 heteroatoms. The Balaban J connectivity index is 1.18. The third kappa shape index (κ3) is 6.71. The van der Waals surface area contributed by atoms with Crippen molar-refractivity contribution in [3.8, 4) is 0 Å². The molecule has 9 nitrogen and oxygen atoms in total. The fourth-order valence-corrected chi connectivity index (χ4v) is 6.38. The summed E-state index contributed by atoms with van der Waals surface area (Å²) in [5.41, 5.74) is 0. The van der Waals surface area contributed by atoms with E-state index in [1.54, 1.807) is 13.0 Å². The summed E-state index contributed by atoms with van der Waals surface area (Å²) in [6, 6.07) is 1.68. The molecule has 0 aromatic carbocycles. The van der Waals surface area contributed by atoms with Crippen molar-refractivity contribution in [1.29, 1.82) is 0 Å². The van der Waals surface area contributed by atoms with E-state index in [1.807, 2.05) is 4.90 Å². The minimum atomic E-state index is -0.165. The van der Waals surface area contributed by atoms with Crippen LogP contribution in [0.15, 0.2) is 14.9 Å². The topological polar surface area (TPSA) is 104 Å². The van der Waals surface area contributed by atoms with Crippen molar-refractivity contribution in [2.45, 2.75) is 63.1 Å². The minimum absolute atomic E-state index is 0.165. The lowest BCUT2D eigenvalue weighted by Crippen LogP contribution is -2.50. The first kappa shape index (κ1) is 25.0. The number of amides is 2. The van der Waals surface area contributed by atoms with Crippen molar-refractivity contribution in [1.82, 2.24) is 20.3 Å². The predicted molar refractivity (Wildman–Crippen MR) is 134 cm³/mol. The molecule has 0 atom stereocenters. The van der Waals surface area contributed by atoms with Crippen LogP contribution >= 0.6 is 23.1 Å². The van der Waals surface area contributed by atoms with Crippen LogP contribution < -0.4 is 10.2 Å². The lowest BCUT2D eigenvalue weighted by Gasteiger charge is -2.37.